The van der Waals surface area contributed by atoms with Gasteiger partial charge < -0.3 is 9.47 Å². The molecule has 0 unspecified atom stereocenters. The highest BCUT2D eigenvalue weighted by Crippen LogP contribution is 2.31. The van der Waals surface area contributed by atoms with Crippen molar-refractivity contribution in [3.63, 3.8) is 0 Å². The van der Waals surface area contributed by atoms with Crippen molar-refractivity contribution in [2.75, 3.05) is 27.0 Å². The van der Waals surface area contributed by atoms with Crippen LogP contribution in [0.2, 0.25) is 0 Å². The van der Waals surface area contributed by atoms with E-state index in [9.17, 15) is 8.42 Å². The molecular formula is C12H19NO4S. The fraction of sp³-hybridized carbons (Fsp3) is 0.500. The van der Waals surface area contributed by atoms with Crippen molar-refractivity contribution in [1.82, 2.24) is 4.72 Å². The van der Waals surface area contributed by atoms with Gasteiger partial charge in [0, 0.05) is 12.1 Å². The summed E-state index contributed by atoms with van der Waals surface area (Å²) in [6.07, 6.45) is 1.71. The molecule has 0 heterocycles. The maximum Gasteiger partial charge on any atom is 0.208 e. The lowest BCUT2D eigenvalue weighted by atomic mass is 10.1. The average Bonchev–Trinajstić information content (AvgIpc) is 2.28. The summed E-state index contributed by atoms with van der Waals surface area (Å²) in [6, 6.07) is 3.74. The van der Waals surface area contributed by atoms with Crippen LogP contribution in [0, 0.1) is 6.92 Å². The van der Waals surface area contributed by atoms with E-state index in [2.05, 4.69) is 4.72 Å². The summed E-state index contributed by atoms with van der Waals surface area (Å²) in [6.45, 7) is 2.26. The van der Waals surface area contributed by atoms with Crippen molar-refractivity contribution < 1.29 is 17.9 Å². The summed E-state index contributed by atoms with van der Waals surface area (Å²) < 4.78 is 35.0. The van der Waals surface area contributed by atoms with Gasteiger partial charge in [-0.25, -0.2) is 13.1 Å². The zero-order valence-corrected chi connectivity index (χ0v) is 11.9. The lowest BCUT2D eigenvalue weighted by Gasteiger charge is -2.14. The molecule has 0 aliphatic carbocycles. The summed E-state index contributed by atoms with van der Waals surface area (Å²) >= 11 is 0. The minimum Gasteiger partial charge on any atom is -0.496 e. The molecule has 102 valence electrons. The van der Waals surface area contributed by atoms with Gasteiger partial charge in [-0.2, -0.15) is 0 Å². The predicted molar refractivity (Wildman–Crippen MR) is 70.8 cm³/mol. The fourth-order valence-corrected chi connectivity index (χ4v) is 2.28. The molecule has 5 nitrogen and oxygen atoms in total. The summed E-state index contributed by atoms with van der Waals surface area (Å²) in [5, 5.41) is 0. The van der Waals surface area contributed by atoms with Gasteiger partial charge in [0.2, 0.25) is 10.0 Å². The summed E-state index contributed by atoms with van der Waals surface area (Å²) in [7, 11) is 0.0441. The summed E-state index contributed by atoms with van der Waals surface area (Å²) in [5.74, 6) is 1.50. The third-order valence-corrected chi connectivity index (χ3v) is 3.35. The van der Waals surface area contributed by atoms with E-state index < -0.39 is 10.0 Å². The van der Waals surface area contributed by atoms with Gasteiger partial charge >= 0.3 is 0 Å². The van der Waals surface area contributed by atoms with Crippen LogP contribution in [0.15, 0.2) is 12.1 Å². The second-order valence-electron chi connectivity index (χ2n) is 4.00. The molecule has 1 aromatic carbocycles. The molecule has 1 aromatic rings. The molecule has 1 rings (SSSR count). The molecular weight excluding hydrogens is 254 g/mol. The van der Waals surface area contributed by atoms with Gasteiger partial charge in [-0.15, -0.1) is 0 Å². The number of methoxy groups -OCH3 is 2. The topological polar surface area (TPSA) is 64.6 Å². The highest BCUT2D eigenvalue weighted by atomic mass is 32.2. The predicted octanol–water partition coefficient (Wildman–Crippen LogP) is 1.10. The summed E-state index contributed by atoms with van der Waals surface area (Å²) in [4.78, 5) is 0. The van der Waals surface area contributed by atoms with E-state index in [0.29, 0.717) is 13.0 Å². The molecule has 0 bridgehead atoms. The molecule has 0 spiro atoms. The number of rotatable bonds is 6. The first-order valence-electron chi connectivity index (χ1n) is 5.54. The van der Waals surface area contributed by atoms with Crippen LogP contribution in [0.3, 0.4) is 0 Å². The quantitative estimate of drug-likeness (QED) is 0.843. The molecule has 0 aliphatic heterocycles. The van der Waals surface area contributed by atoms with Crippen LogP contribution in [0.5, 0.6) is 11.5 Å². The smallest absolute Gasteiger partial charge is 0.208 e. The molecule has 0 fully saturated rings. The van der Waals surface area contributed by atoms with Gasteiger partial charge in [0.05, 0.1) is 20.5 Å². The van der Waals surface area contributed by atoms with Crippen LogP contribution in [0.25, 0.3) is 0 Å². The first kappa shape index (κ1) is 14.8. The molecule has 1 N–H and O–H groups in total. The third kappa shape index (κ3) is 3.89. The molecule has 18 heavy (non-hydrogen) atoms. The minimum absolute atomic E-state index is 0.348. The number of ether oxygens (including phenoxy) is 2. The van der Waals surface area contributed by atoms with E-state index in [4.69, 9.17) is 9.47 Å². The van der Waals surface area contributed by atoms with Gasteiger partial charge in [-0.1, -0.05) is 6.07 Å². The van der Waals surface area contributed by atoms with Crippen molar-refractivity contribution in [3.05, 3.63) is 23.3 Å². The van der Waals surface area contributed by atoms with Gasteiger partial charge in [0.25, 0.3) is 0 Å². The van der Waals surface area contributed by atoms with Gasteiger partial charge in [-0.05, 0) is 25.0 Å². The molecule has 0 amide bonds. The number of benzene rings is 1. The number of hydrogen-bond donors (Lipinski definition) is 1. The van der Waals surface area contributed by atoms with E-state index in [0.717, 1.165) is 28.9 Å². The molecule has 0 aromatic heterocycles. The Balaban J connectivity index is 2.86. The Morgan fingerprint density at radius 2 is 1.89 bits per heavy atom. The lowest BCUT2D eigenvalue weighted by Crippen LogP contribution is -2.24. The fourth-order valence-electron chi connectivity index (χ4n) is 1.80. The maximum absolute atomic E-state index is 11.0. The zero-order chi connectivity index (χ0) is 13.8. The van der Waals surface area contributed by atoms with Crippen molar-refractivity contribution >= 4 is 10.0 Å². The first-order valence-corrected chi connectivity index (χ1v) is 7.43. The molecule has 0 aliphatic rings. The Hall–Kier alpha value is -1.27. The second kappa shape index (κ2) is 6.06. The van der Waals surface area contributed by atoms with E-state index in [-0.39, 0.29) is 0 Å². The monoisotopic (exact) mass is 273 g/mol. The van der Waals surface area contributed by atoms with Gasteiger partial charge in [0.15, 0.2) is 0 Å². The van der Waals surface area contributed by atoms with Gasteiger partial charge in [-0.3, -0.25) is 0 Å². The number of sulfonamides is 1. The van der Waals surface area contributed by atoms with Crippen molar-refractivity contribution in [2.24, 2.45) is 0 Å². The largest absolute Gasteiger partial charge is 0.496 e. The van der Waals surface area contributed by atoms with Crippen molar-refractivity contribution in [3.8, 4) is 11.5 Å². The average molecular weight is 273 g/mol. The molecule has 0 atom stereocenters. The Morgan fingerprint density at radius 1 is 1.22 bits per heavy atom. The highest BCUT2D eigenvalue weighted by Gasteiger charge is 2.11. The molecule has 0 saturated heterocycles. The number of nitrogens with one attached hydrogen (secondary N) is 1. The molecule has 6 heteroatoms. The van der Waals surface area contributed by atoms with Crippen molar-refractivity contribution in [1.29, 1.82) is 0 Å². The minimum atomic E-state index is -3.15. The van der Waals surface area contributed by atoms with Gasteiger partial charge in [0.1, 0.15) is 11.5 Å². The van der Waals surface area contributed by atoms with E-state index in [1.54, 1.807) is 14.2 Å². The van der Waals surface area contributed by atoms with E-state index >= 15 is 0 Å². The highest BCUT2D eigenvalue weighted by molar-refractivity contribution is 7.88. The standard InChI is InChI=1S/C12H19NO4S/c1-9-11(16-2)6-5-10(12(9)17-3)7-8-13-18(4,14)15/h5-6,13H,7-8H2,1-4H3. The summed E-state index contributed by atoms with van der Waals surface area (Å²) in [5.41, 5.74) is 1.86. The first-order chi connectivity index (χ1) is 8.39. The normalized spacial score (nSPS) is 11.3. The molecule has 0 saturated carbocycles. The lowest BCUT2D eigenvalue weighted by molar-refractivity contribution is 0.385. The number of hydrogen-bond acceptors (Lipinski definition) is 4. The van der Waals surface area contributed by atoms with Crippen LogP contribution in [-0.2, 0) is 16.4 Å². The second-order valence-corrected chi connectivity index (χ2v) is 5.83. The van der Waals surface area contributed by atoms with Crippen molar-refractivity contribution in [2.45, 2.75) is 13.3 Å². The Labute approximate surface area is 108 Å². The SMILES string of the molecule is COc1ccc(CCNS(C)(=O)=O)c(OC)c1C. The zero-order valence-electron chi connectivity index (χ0n) is 11.1. The van der Waals surface area contributed by atoms with Crippen LogP contribution >= 0.6 is 0 Å². The van der Waals surface area contributed by atoms with Crippen LogP contribution in [-0.4, -0.2) is 35.4 Å². The third-order valence-electron chi connectivity index (χ3n) is 2.62. The van der Waals surface area contributed by atoms with Crippen LogP contribution in [0.1, 0.15) is 11.1 Å². The van der Waals surface area contributed by atoms with Crippen LogP contribution in [0.4, 0.5) is 0 Å². The Bertz CT molecular complexity index is 511. The Morgan fingerprint density at radius 3 is 2.39 bits per heavy atom. The Kier molecular flexibility index (Phi) is 4.98. The van der Waals surface area contributed by atoms with E-state index in [1.165, 1.54) is 0 Å². The molecule has 0 radical (unpaired) electrons. The van der Waals surface area contributed by atoms with E-state index in [1.807, 2.05) is 19.1 Å². The van der Waals surface area contributed by atoms with Crippen LogP contribution < -0.4 is 14.2 Å². The maximum atomic E-state index is 11.0.